The van der Waals surface area contributed by atoms with Crippen molar-refractivity contribution in [2.24, 2.45) is 0 Å². The number of rotatable bonds is 1. The Hall–Kier alpha value is -0.785. The predicted octanol–water partition coefficient (Wildman–Crippen LogP) is 1.63. The first-order chi connectivity index (χ1) is 4.61. The first kappa shape index (κ1) is 7.32. The topological polar surface area (TPSA) is 12.9 Å². The third kappa shape index (κ3) is 1.60. The molecule has 0 N–H and O–H groups in total. The monoisotopic (exact) mass is 134 g/mol. The lowest BCUT2D eigenvalue weighted by Gasteiger charge is -2.23. The average Bonchev–Trinajstić information content (AvgIpc) is 1.88. The molecule has 0 radical (unpaired) electrons. The van der Waals surface area contributed by atoms with Gasteiger partial charge in [0.05, 0.1) is 0 Å². The normalized spacial score (nSPS) is 11.5. The van der Waals surface area contributed by atoms with Crippen LogP contribution >= 0.6 is 0 Å². The van der Waals surface area contributed by atoms with Crippen molar-refractivity contribution in [3.8, 4) is 0 Å². The highest BCUT2D eigenvalue weighted by Gasteiger charge is 2.06. The molecule has 0 unspecified atom stereocenters. The standard InChI is InChI=1S/C8H13BN/c1-9(2,3)8-5-4-6-10-7-8/h4-7H,1-3H3/q-1. The number of aromatic nitrogens is 1. The highest BCUT2D eigenvalue weighted by molar-refractivity contribution is 6.88. The van der Waals surface area contributed by atoms with Gasteiger partial charge < -0.3 is 0 Å². The van der Waals surface area contributed by atoms with Gasteiger partial charge in [0.2, 0.25) is 0 Å². The fraction of sp³-hybridized carbons (Fsp3) is 0.375. The summed E-state index contributed by atoms with van der Waals surface area (Å²) in [5.41, 5.74) is 1.35. The predicted molar refractivity (Wildman–Crippen MR) is 47.2 cm³/mol. The van der Waals surface area contributed by atoms with Crippen LogP contribution in [0.2, 0.25) is 20.5 Å². The fourth-order valence-electron chi connectivity index (χ4n) is 0.888. The minimum Gasteiger partial charge on any atom is -0.268 e. The lowest BCUT2D eigenvalue weighted by Crippen LogP contribution is -2.37. The largest absolute Gasteiger partial charge is 0.268 e. The minimum atomic E-state index is -0.366. The zero-order valence-corrected chi connectivity index (χ0v) is 6.83. The Labute approximate surface area is 62.4 Å². The second-order valence-corrected chi connectivity index (χ2v) is 3.88. The Kier molecular flexibility index (Phi) is 1.79. The van der Waals surface area contributed by atoms with Crippen LogP contribution in [-0.2, 0) is 0 Å². The van der Waals surface area contributed by atoms with E-state index in [1.165, 1.54) is 5.46 Å². The van der Waals surface area contributed by atoms with E-state index >= 15 is 0 Å². The summed E-state index contributed by atoms with van der Waals surface area (Å²) < 4.78 is 0. The van der Waals surface area contributed by atoms with Crippen molar-refractivity contribution in [2.45, 2.75) is 20.5 Å². The van der Waals surface area contributed by atoms with Crippen LogP contribution in [-0.4, -0.2) is 11.1 Å². The molecule has 0 saturated heterocycles. The van der Waals surface area contributed by atoms with Crippen molar-refractivity contribution < 1.29 is 0 Å². The van der Waals surface area contributed by atoms with Crippen molar-refractivity contribution in [3.63, 3.8) is 0 Å². The second kappa shape index (κ2) is 2.45. The highest BCUT2D eigenvalue weighted by Crippen LogP contribution is 1.99. The smallest absolute Gasteiger partial charge is 0.0265 e. The van der Waals surface area contributed by atoms with E-state index < -0.39 is 0 Å². The molecule has 0 fully saturated rings. The van der Waals surface area contributed by atoms with Gasteiger partial charge in [-0.05, 0) is 12.3 Å². The van der Waals surface area contributed by atoms with E-state index in [0.29, 0.717) is 0 Å². The summed E-state index contributed by atoms with van der Waals surface area (Å²) in [6.45, 7) is 6.74. The van der Waals surface area contributed by atoms with Gasteiger partial charge in [-0.3, -0.25) is 4.98 Å². The zero-order valence-electron chi connectivity index (χ0n) is 6.83. The highest BCUT2D eigenvalue weighted by atomic mass is 14.6. The third-order valence-corrected chi connectivity index (χ3v) is 1.68. The maximum absolute atomic E-state index is 4.07. The Balaban J connectivity index is 2.97. The van der Waals surface area contributed by atoms with Crippen LogP contribution in [0.25, 0.3) is 0 Å². The first-order valence-electron chi connectivity index (χ1n) is 3.78. The van der Waals surface area contributed by atoms with Gasteiger partial charge in [0, 0.05) is 12.3 Å². The summed E-state index contributed by atoms with van der Waals surface area (Å²) in [6, 6.07) is 4.12. The van der Waals surface area contributed by atoms with Gasteiger partial charge in [-0.15, -0.1) is 0 Å². The van der Waals surface area contributed by atoms with Gasteiger partial charge in [0.1, 0.15) is 0 Å². The van der Waals surface area contributed by atoms with Gasteiger partial charge >= 0.3 is 0 Å². The summed E-state index contributed by atoms with van der Waals surface area (Å²) in [5, 5.41) is 0. The molecule has 0 aromatic carbocycles. The van der Waals surface area contributed by atoms with Crippen molar-refractivity contribution in [1.82, 2.24) is 4.98 Å². The molecular weight excluding hydrogens is 121 g/mol. The first-order valence-corrected chi connectivity index (χ1v) is 3.78. The summed E-state index contributed by atoms with van der Waals surface area (Å²) >= 11 is 0. The molecule has 0 aliphatic heterocycles. The molecule has 54 valence electrons. The maximum Gasteiger partial charge on any atom is 0.0265 e. The van der Waals surface area contributed by atoms with Crippen molar-refractivity contribution in [3.05, 3.63) is 24.5 Å². The summed E-state index contributed by atoms with van der Waals surface area (Å²) in [5.74, 6) is 0. The Morgan fingerprint density at radius 2 is 2.00 bits per heavy atom. The molecule has 0 atom stereocenters. The Morgan fingerprint density at radius 1 is 1.30 bits per heavy atom. The van der Waals surface area contributed by atoms with Crippen molar-refractivity contribution in [2.75, 3.05) is 0 Å². The van der Waals surface area contributed by atoms with Crippen molar-refractivity contribution in [1.29, 1.82) is 0 Å². The SMILES string of the molecule is C[B-](C)(C)c1cccnc1. The van der Waals surface area contributed by atoms with E-state index in [9.17, 15) is 0 Å². The molecule has 2 heteroatoms. The maximum atomic E-state index is 4.07. The van der Waals surface area contributed by atoms with Crippen LogP contribution in [0.4, 0.5) is 0 Å². The van der Waals surface area contributed by atoms with Gasteiger partial charge in [0.15, 0.2) is 0 Å². The molecule has 1 heterocycles. The van der Waals surface area contributed by atoms with Gasteiger partial charge in [-0.25, -0.2) is 0 Å². The minimum absolute atomic E-state index is 0.366. The Bertz CT molecular complexity index is 200. The molecule has 0 bridgehead atoms. The molecule has 0 amide bonds. The number of hydrogen-bond donors (Lipinski definition) is 0. The summed E-state index contributed by atoms with van der Waals surface area (Å²) in [7, 11) is 0. The number of nitrogens with zero attached hydrogens (tertiary/aromatic N) is 1. The summed E-state index contributed by atoms with van der Waals surface area (Å²) in [6.07, 6.45) is 3.39. The second-order valence-electron chi connectivity index (χ2n) is 3.88. The van der Waals surface area contributed by atoms with Crippen LogP contribution in [0.15, 0.2) is 24.5 Å². The molecule has 0 spiro atoms. The van der Waals surface area contributed by atoms with Crippen LogP contribution in [0.3, 0.4) is 0 Å². The molecule has 1 aromatic heterocycles. The molecule has 1 rings (SSSR count). The molecular formula is C8H13BN-. The lowest BCUT2D eigenvalue weighted by molar-refractivity contribution is 1.34. The van der Waals surface area contributed by atoms with E-state index in [0.717, 1.165) is 0 Å². The average molecular weight is 134 g/mol. The van der Waals surface area contributed by atoms with Crippen molar-refractivity contribution >= 4 is 11.6 Å². The Morgan fingerprint density at radius 3 is 2.30 bits per heavy atom. The third-order valence-electron chi connectivity index (χ3n) is 1.68. The van der Waals surface area contributed by atoms with E-state index in [-0.39, 0.29) is 6.15 Å². The zero-order chi connectivity index (χ0) is 7.61. The quantitative estimate of drug-likeness (QED) is 0.532. The molecule has 10 heavy (non-hydrogen) atoms. The van der Waals surface area contributed by atoms with Gasteiger partial charge in [-0.2, -0.15) is 25.9 Å². The molecule has 1 aromatic rings. The fourth-order valence-corrected chi connectivity index (χ4v) is 0.888. The molecule has 1 nitrogen and oxygen atoms in total. The van der Waals surface area contributed by atoms with E-state index in [1.54, 1.807) is 0 Å². The van der Waals surface area contributed by atoms with Crippen LogP contribution in [0.1, 0.15) is 0 Å². The summed E-state index contributed by atoms with van der Waals surface area (Å²) in [4.78, 5) is 4.07. The van der Waals surface area contributed by atoms with Gasteiger partial charge in [0.25, 0.3) is 0 Å². The van der Waals surface area contributed by atoms with Crippen LogP contribution in [0.5, 0.6) is 0 Å². The van der Waals surface area contributed by atoms with Gasteiger partial charge in [-0.1, -0.05) is 6.07 Å². The van der Waals surface area contributed by atoms with Crippen LogP contribution < -0.4 is 5.46 Å². The number of hydrogen-bond acceptors (Lipinski definition) is 1. The number of pyridine rings is 1. The molecule has 0 aliphatic rings. The van der Waals surface area contributed by atoms with E-state index in [4.69, 9.17) is 0 Å². The van der Waals surface area contributed by atoms with Crippen LogP contribution in [0, 0.1) is 0 Å². The van der Waals surface area contributed by atoms with E-state index in [1.807, 2.05) is 18.5 Å². The molecule has 0 aliphatic carbocycles. The van der Waals surface area contributed by atoms with E-state index in [2.05, 4.69) is 31.5 Å². The molecule has 0 saturated carbocycles. The lowest BCUT2D eigenvalue weighted by atomic mass is 9.27.